The van der Waals surface area contributed by atoms with Crippen molar-refractivity contribution in [3.63, 3.8) is 0 Å². The Morgan fingerprint density at radius 1 is 0.226 bits per heavy atom. The highest BCUT2D eigenvalue weighted by Crippen LogP contribution is 2.58. The molecular weight excluding hydrogens is 753 g/mol. The maximum Gasteiger partial charge on any atom is 0.0607 e. The molecule has 4 nitrogen and oxygen atoms in total. The number of nitrogens with zero attached hydrogens (tertiary/aromatic N) is 2. The average molecular weight is 851 g/mol. The lowest BCUT2D eigenvalue weighted by Crippen LogP contribution is -2.61. The summed E-state index contributed by atoms with van der Waals surface area (Å²) in [5.74, 6) is 12.1. The summed E-state index contributed by atoms with van der Waals surface area (Å²) in [5, 5.41) is 9.23. The van der Waals surface area contributed by atoms with Gasteiger partial charge in [0.15, 0.2) is 0 Å². The number of likely N-dealkylation sites (tertiary alicyclic amines) is 2. The van der Waals surface area contributed by atoms with Gasteiger partial charge >= 0.3 is 0 Å². The van der Waals surface area contributed by atoms with E-state index in [4.69, 9.17) is 0 Å². The van der Waals surface area contributed by atoms with Crippen molar-refractivity contribution < 1.29 is 0 Å². The zero-order valence-electron chi connectivity index (χ0n) is 40.3. The summed E-state index contributed by atoms with van der Waals surface area (Å²) in [4.78, 5) is 6.68. The molecule has 12 aliphatic rings. The summed E-state index contributed by atoms with van der Waals surface area (Å²) in [6, 6.07) is 5.19. The molecule has 0 aromatic heterocycles. The van der Waals surface area contributed by atoms with E-state index < -0.39 is 0 Å². The Morgan fingerprint density at radius 2 is 0.565 bits per heavy atom. The van der Waals surface area contributed by atoms with Crippen LogP contribution in [0.1, 0.15) is 244 Å². The molecule has 4 saturated heterocycles. The third-order valence-corrected chi connectivity index (χ3v) is 23.4. The molecule has 0 amide bonds. The molecule has 0 aromatic rings. The predicted octanol–water partition coefficient (Wildman–Crippen LogP) is 14.0. The molecule has 0 aromatic carbocycles. The minimum absolute atomic E-state index is 0.687. The highest BCUT2D eigenvalue weighted by molar-refractivity contribution is 5.11. The second-order valence-corrected chi connectivity index (χ2v) is 26.2. The molecule has 12 fully saturated rings. The van der Waals surface area contributed by atoms with Gasteiger partial charge in [0.1, 0.15) is 0 Å². The summed E-state index contributed by atoms with van der Waals surface area (Å²) in [6.45, 7) is 0. The van der Waals surface area contributed by atoms with Gasteiger partial charge in [-0.3, -0.25) is 20.4 Å². The fourth-order valence-electron chi connectivity index (χ4n) is 20.7. The van der Waals surface area contributed by atoms with Gasteiger partial charge < -0.3 is 0 Å². The van der Waals surface area contributed by atoms with E-state index in [1.165, 1.54) is 167 Å². The summed E-state index contributed by atoms with van der Waals surface area (Å²) in [5.41, 5.74) is 0. The molecule has 0 spiro atoms. The van der Waals surface area contributed by atoms with Gasteiger partial charge in [0, 0.05) is 36.3 Å². The molecular formula is C58H98N4. The van der Waals surface area contributed by atoms with E-state index >= 15 is 0 Å². The van der Waals surface area contributed by atoms with Crippen LogP contribution in [0.3, 0.4) is 0 Å². The Balaban J connectivity index is 0.755. The number of fused-ring (bicyclic) bond motifs is 6. The molecule has 16 unspecified atom stereocenters. The number of piperidine rings is 2. The third-order valence-electron chi connectivity index (χ3n) is 23.4. The molecule has 0 radical (unpaired) electrons. The predicted molar refractivity (Wildman–Crippen MR) is 258 cm³/mol. The smallest absolute Gasteiger partial charge is 0.0607 e. The van der Waals surface area contributed by atoms with Crippen molar-refractivity contribution in [1.82, 2.24) is 20.4 Å². The zero-order valence-corrected chi connectivity index (χ0v) is 40.3. The first kappa shape index (κ1) is 43.1. The van der Waals surface area contributed by atoms with Crippen molar-refractivity contribution in [2.24, 2.45) is 71.0 Å². The molecule has 4 aliphatic heterocycles. The second kappa shape index (κ2) is 19.4. The van der Waals surface area contributed by atoms with Crippen LogP contribution in [-0.2, 0) is 0 Å². The molecule has 2 N–H and O–H groups in total. The third kappa shape index (κ3) is 8.53. The van der Waals surface area contributed by atoms with Crippen molar-refractivity contribution in [1.29, 1.82) is 0 Å². The van der Waals surface area contributed by atoms with Crippen LogP contribution >= 0.6 is 0 Å². The maximum absolute atomic E-state index is 4.62. The largest absolute Gasteiger partial charge is 0.299 e. The van der Waals surface area contributed by atoms with Gasteiger partial charge in [-0.1, -0.05) is 128 Å². The van der Waals surface area contributed by atoms with Gasteiger partial charge in [-0.15, -0.1) is 0 Å². The van der Waals surface area contributed by atoms with E-state index in [-0.39, 0.29) is 0 Å². The summed E-state index contributed by atoms with van der Waals surface area (Å²) < 4.78 is 0. The van der Waals surface area contributed by atoms with Crippen LogP contribution in [0.15, 0.2) is 0 Å². The van der Waals surface area contributed by atoms with Crippen molar-refractivity contribution in [3.05, 3.63) is 0 Å². The molecule has 16 atom stereocenters. The van der Waals surface area contributed by atoms with Crippen LogP contribution in [0.2, 0.25) is 0 Å². The fraction of sp³-hybridized carbons (Fsp3) is 1.00. The van der Waals surface area contributed by atoms with E-state index in [9.17, 15) is 0 Å². The molecule has 8 aliphatic carbocycles. The highest BCUT2D eigenvalue weighted by Gasteiger charge is 2.58. The Labute approximate surface area is 382 Å². The van der Waals surface area contributed by atoms with Crippen LogP contribution in [-0.4, -0.2) is 58.4 Å². The minimum Gasteiger partial charge on any atom is -0.299 e. The molecule has 12 rings (SSSR count). The van der Waals surface area contributed by atoms with Crippen LogP contribution in [0, 0.1) is 71.0 Å². The van der Waals surface area contributed by atoms with Gasteiger partial charge in [-0.25, -0.2) is 0 Å². The molecule has 4 heteroatoms. The van der Waals surface area contributed by atoms with Gasteiger partial charge in [0.25, 0.3) is 0 Å². The van der Waals surface area contributed by atoms with E-state index in [2.05, 4.69) is 20.4 Å². The Hall–Kier alpha value is -0.160. The SMILES string of the molecule is C1CCC(C2CC(C3CCCCC3)NC(N3C4CCCCC4C4CC(C5CCC6C(C5)C5CCCCC5N6C5CC(C6CCCCC6)CC(C6CCCCC6)N5)CCC43)C2)CC1. The van der Waals surface area contributed by atoms with Crippen LogP contribution < -0.4 is 10.6 Å². The van der Waals surface area contributed by atoms with Gasteiger partial charge in [-0.05, 0) is 187 Å². The zero-order chi connectivity index (χ0) is 41.0. The number of hydrogen-bond acceptors (Lipinski definition) is 4. The fourth-order valence-corrected chi connectivity index (χ4v) is 20.7. The van der Waals surface area contributed by atoms with Crippen LogP contribution in [0.25, 0.3) is 0 Å². The lowest BCUT2D eigenvalue weighted by molar-refractivity contribution is -0.0145. The monoisotopic (exact) mass is 851 g/mol. The molecule has 0 bridgehead atoms. The van der Waals surface area contributed by atoms with Crippen LogP contribution in [0.5, 0.6) is 0 Å². The quantitative estimate of drug-likeness (QED) is 0.267. The van der Waals surface area contributed by atoms with Crippen molar-refractivity contribution >= 4 is 0 Å². The summed E-state index contributed by atoms with van der Waals surface area (Å²) in [7, 11) is 0. The van der Waals surface area contributed by atoms with E-state index in [0.717, 1.165) is 107 Å². The van der Waals surface area contributed by atoms with Gasteiger partial charge in [-0.2, -0.15) is 0 Å². The molecule has 8 saturated carbocycles. The lowest BCUT2D eigenvalue weighted by atomic mass is 9.62. The topological polar surface area (TPSA) is 30.5 Å². The van der Waals surface area contributed by atoms with E-state index in [1.807, 2.05) is 0 Å². The van der Waals surface area contributed by atoms with Crippen molar-refractivity contribution in [3.8, 4) is 0 Å². The lowest BCUT2D eigenvalue weighted by Gasteiger charge is -2.51. The maximum atomic E-state index is 4.62. The number of hydrogen-bond donors (Lipinski definition) is 2. The van der Waals surface area contributed by atoms with Crippen molar-refractivity contribution in [2.45, 2.75) is 293 Å². The normalized spacial score (nSPS) is 48.6. The Kier molecular flexibility index (Phi) is 13.5. The van der Waals surface area contributed by atoms with E-state index in [0.29, 0.717) is 12.3 Å². The Bertz CT molecular complexity index is 1270. The van der Waals surface area contributed by atoms with Gasteiger partial charge in [0.05, 0.1) is 12.3 Å². The molecule has 350 valence electrons. The number of nitrogens with one attached hydrogen (secondary N) is 2. The average Bonchev–Trinajstić information content (AvgIpc) is 3.87. The van der Waals surface area contributed by atoms with Gasteiger partial charge in [0.2, 0.25) is 0 Å². The second-order valence-electron chi connectivity index (χ2n) is 26.2. The molecule has 62 heavy (non-hydrogen) atoms. The molecule has 4 heterocycles. The van der Waals surface area contributed by atoms with Crippen LogP contribution in [0.4, 0.5) is 0 Å². The Morgan fingerprint density at radius 3 is 0.968 bits per heavy atom. The first-order valence-corrected chi connectivity index (χ1v) is 29.8. The standard InChI is InChI=1S/C58H98N4/c1-5-17-39(18-6-1)45-35-51(41-21-9-3-10-22-41)59-57(37-45)61-53-27-15-13-25-47(53)49-33-43(29-31-55(49)61)44-30-32-56-50(34-44)48-26-14-16-28-54(48)62(56)58-38-46(40-19-7-2-8-20-40)36-52(60-58)42-23-11-4-12-24-42/h39-60H,1-38H2. The summed E-state index contributed by atoms with van der Waals surface area (Å²) in [6.07, 6.45) is 59.5. The minimum atomic E-state index is 0.687. The van der Waals surface area contributed by atoms with Crippen molar-refractivity contribution in [2.75, 3.05) is 0 Å². The number of rotatable bonds is 7. The summed E-state index contributed by atoms with van der Waals surface area (Å²) >= 11 is 0. The van der Waals surface area contributed by atoms with E-state index in [1.54, 1.807) is 77.0 Å². The highest BCUT2D eigenvalue weighted by atomic mass is 15.4. The first-order valence-electron chi connectivity index (χ1n) is 29.8. The first-order chi connectivity index (χ1) is 30.7.